The van der Waals surface area contributed by atoms with Gasteiger partial charge in [0.2, 0.25) is 0 Å². The lowest BCUT2D eigenvalue weighted by Gasteiger charge is -2.34. The van der Waals surface area contributed by atoms with Crippen molar-refractivity contribution in [2.45, 2.75) is 45.9 Å². The summed E-state index contributed by atoms with van der Waals surface area (Å²) in [5.74, 6) is 0. The molecule has 0 fully saturated rings. The van der Waals surface area contributed by atoms with E-state index in [0.29, 0.717) is 6.54 Å². The maximum Gasteiger partial charge on any atom is 0.0718 e. The van der Waals surface area contributed by atoms with E-state index in [2.05, 4.69) is 40.4 Å². The minimum atomic E-state index is -0.648. The Kier molecular flexibility index (Phi) is 4.65. The minimum absolute atomic E-state index is 0.648. The maximum atomic E-state index is 10.1. The number of hydrogen-bond acceptors (Lipinski definition) is 4. The molecule has 24 heavy (non-hydrogen) atoms. The number of benzene rings is 1. The highest BCUT2D eigenvalue weighted by Gasteiger charge is 2.23. The first-order chi connectivity index (χ1) is 11.3. The van der Waals surface area contributed by atoms with Gasteiger partial charge in [-0.25, -0.2) is 0 Å². The van der Waals surface area contributed by atoms with Gasteiger partial charge < -0.3 is 10.4 Å². The quantitative estimate of drug-likeness (QED) is 0.885. The normalized spacial score (nSPS) is 15.4. The van der Waals surface area contributed by atoms with Crippen LogP contribution in [-0.2, 0) is 26.6 Å². The van der Waals surface area contributed by atoms with Crippen LogP contribution in [0.25, 0.3) is 0 Å². The van der Waals surface area contributed by atoms with Crippen molar-refractivity contribution in [3.63, 3.8) is 0 Å². The van der Waals surface area contributed by atoms with Gasteiger partial charge in [0.1, 0.15) is 0 Å². The minimum Gasteiger partial charge on any atom is -0.389 e. The number of β-amino-alcohol motifs (C(OH)–C–C–N with tert-alkyl or cyclic N) is 1. The molecular formula is C19H28N4O. The van der Waals surface area contributed by atoms with Gasteiger partial charge in [0, 0.05) is 32.4 Å². The Morgan fingerprint density at radius 2 is 2.12 bits per heavy atom. The summed E-state index contributed by atoms with van der Waals surface area (Å²) < 4.78 is 1.93. The molecule has 130 valence electrons. The Bertz CT molecular complexity index is 695. The molecule has 2 aromatic rings. The predicted molar refractivity (Wildman–Crippen MR) is 97.0 cm³/mol. The van der Waals surface area contributed by atoms with Crippen LogP contribution >= 0.6 is 0 Å². The molecular weight excluding hydrogens is 300 g/mol. The molecule has 0 unspecified atom stereocenters. The average molecular weight is 328 g/mol. The predicted octanol–water partition coefficient (Wildman–Crippen LogP) is 2.47. The highest BCUT2D eigenvalue weighted by Crippen LogP contribution is 2.27. The molecule has 1 aromatic heterocycles. The summed E-state index contributed by atoms with van der Waals surface area (Å²) >= 11 is 0. The fourth-order valence-electron chi connectivity index (χ4n) is 3.52. The van der Waals surface area contributed by atoms with Crippen LogP contribution in [0.15, 0.2) is 24.4 Å². The van der Waals surface area contributed by atoms with Gasteiger partial charge in [0.15, 0.2) is 0 Å². The van der Waals surface area contributed by atoms with Crippen LogP contribution in [-0.4, -0.2) is 38.5 Å². The third-order valence-electron chi connectivity index (χ3n) is 4.67. The van der Waals surface area contributed by atoms with Crippen LogP contribution < -0.4 is 5.32 Å². The SMILES string of the molecule is Cc1cnn(C)c1CNc1cccc2c1CCN(CC(C)(C)O)C2. The maximum absolute atomic E-state index is 10.1. The Balaban J connectivity index is 1.72. The zero-order valence-corrected chi connectivity index (χ0v) is 15.1. The molecule has 1 aliphatic rings. The first kappa shape index (κ1) is 17.0. The van der Waals surface area contributed by atoms with Crippen molar-refractivity contribution in [2.75, 3.05) is 18.4 Å². The van der Waals surface area contributed by atoms with Gasteiger partial charge in [0.05, 0.1) is 24.0 Å². The molecule has 0 saturated carbocycles. The molecule has 3 rings (SSSR count). The molecule has 2 heterocycles. The Hall–Kier alpha value is -1.85. The Labute approximate surface area is 144 Å². The van der Waals surface area contributed by atoms with Crippen LogP contribution in [0.1, 0.15) is 36.2 Å². The van der Waals surface area contributed by atoms with E-state index < -0.39 is 5.60 Å². The van der Waals surface area contributed by atoms with Crippen LogP contribution in [0.2, 0.25) is 0 Å². The number of nitrogens with zero attached hydrogens (tertiary/aromatic N) is 3. The van der Waals surface area contributed by atoms with Crippen molar-refractivity contribution in [1.82, 2.24) is 14.7 Å². The fourth-order valence-corrected chi connectivity index (χ4v) is 3.52. The molecule has 0 spiro atoms. The molecule has 1 aromatic carbocycles. The molecule has 0 amide bonds. The van der Waals surface area contributed by atoms with Gasteiger partial charge in [-0.2, -0.15) is 5.10 Å². The van der Waals surface area contributed by atoms with Crippen LogP contribution in [0, 0.1) is 6.92 Å². The summed E-state index contributed by atoms with van der Waals surface area (Å²) in [5, 5.41) is 17.9. The number of rotatable bonds is 5. The lowest BCUT2D eigenvalue weighted by molar-refractivity contribution is 0.0318. The van der Waals surface area contributed by atoms with Crippen LogP contribution in [0.3, 0.4) is 0 Å². The zero-order valence-electron chi connectivity index (χ0n) is 15.1. The van der Waals surface area contributed by atoms with Crippen molar-refractivity contribution in [3.8, 4) is 0 Å². The highest BCUT2D eigenvalue weighted by atomic mass is 16.3. The summed E-state index contributed by atoms with van der Waals surface area (Å²) in [6, 6.07) is 6.48. The van der Waals surface area contributed by atoms with E-state index in [4.69, 9.17) is 0 Å². The second kappa shape index (κ2) is 6.57. The first-order valence-electron chi connectivity index (χ1n) is 8.60. The summed E-state index contributed by atoms with van der Waals surface area (Å²) in [7, 11) is 1.99. The van der Waals surface area contributed by atoms with E-state index in [1.54, 1.807) is 0 Å². The van der Waals surface area contributed by atoms with Crippen molar-refractivity contribution in [2.24, 2.45) is 7.05 Å². The van der Waals surface area contributed by atoms with Gasteiger partial charge in [-0.05, 0) is 49.9 Å². The smallest absolute Gasteiger partial charge is 0.0718 e. The standard InChI is InChI=1S/C19H28N4O/c1-14-10-21-22(4)18(14)11-20-17-7-5-6-15-12-23(9-8-16(15)17)13-19(2,3)24/h5-7,10,20,24H,8-9,11-13H2,1-4H3. The lowest BCUT2D eigenvalue weighted by Crippen LogP contribution is -2.41. The third-order valence-corrected chi connectivity index (χ3v) is 4.67. The molecule has 0 saturated heterocycles. The van der Waals surface area contributed by atoms with Gasteiger partial charge in [-0.3, -0.25) is 9.58 Å². The topological polar surface area (TPSA) is 53.3 Å². The van der Waals surface area contributed by atoms with Crippen molar-refractivity contribution in [3.05, 3.63) is 46.8 Å². The second-order valence-corrected chi connectivity index (χ2v) is 7.47. The largest absolute Gasteiger partial charge is 0.389 e. The van der Waals surface area contributed by atoms with Crippen molar-refractivity contribution < 1.29 is 5.11 Å². The number of aromatic nitrogens is 2. The van der Waals surface area contributed by atoms with Gasteiger partial charge in [-0.15, -0.1) is 0 Å². The number of fused-ring (bicyclic) bond motifs is 1. The Morgan fingerprint density at radius 1 is 1.33 bits per heavy atom. The number of aliphatic hydroxyl groups is 1. The lowest BCUT2D eigenvalue weighted by atomic mass is 9.96. The van der Waals surface area contributed by atoms with E-state index in [1.807, 2.05) is 31.8 Å². The van der Waals surface area contributed by atoms with Crippen LogP contribution in [0.5, 0.6) is 0 Å². The fraction of sp³-hybridized carbons (Fsp3) is 0.526. The molecule has 5 nitrogen and oxygen atoms in total. The number of hydrogen-bond donors (Lipinski definition) is 2. The van der Waals surface area contributed by atoms with E-state index in [0.717, 1.165) is 26.1 Å². The van der Waals surface area contributed by atoms with Gasteiger partial charge in [-0.1, -0.05) is 12.1 Å². The molecule has 0 bridgehead atoms. The molecule has 0 aliphatic carbocycles. The summed E-state index contributed by atoms with van der Waals surface area (Å²) in [5.41, 5.74) is 5.76. The van der Waals surface area contributed by atoms with Crippen LogP contribution in [0.4, 0.5) is 5.69 Å². The van der Waals surface area contributed by atoms with E-state index in [-0.39, 0.29) is 0 Å². The number of aryl methyl sites for hydroxylation is 2. The van der Waals surface area contributed by atoms with Crippen molar-refractivity contribution in [1.29, 1.82) is 0 Å². The summed E-state index contributed by atoms with van der Waals surface area (Å²) in [6.45, 7) is 9.22. The number of anilines is 1. The molecule has 1 aliphatic heterocycles. The van der Waals surface area contributed by atoms with E-state index in [1.165, 1.54) is 28.1 Å². The monoisotopic (exact) mass is 328 g/mol. The number of nitrogens with one attached hydrogen (secondary N) is 1. The Morgan fingerprint density at radius 3 is 2.79 bits per heavy atom. The van der Waals surface area contributed by atoms with Gasteiger partial charge >= 0.3 is 0 Å². The summed E-state index contributed by atoms with van der Waals surface area (Å²) in [4.78, 5) is 2.33. The zero-order chi connectivity index (χ0) is 17.3. The molecule has 0 radical (unpaired) electrons. The third kappa shape index (κ3) is 3.79. The molecule has 5 heteroatoms. The average Bonchev–Trinajstić information content (AvgIpc) is 2.82. The molecule has 2 N–H and O–H groups in total. The molecule has 0 atom stereocenters. The van der Waals surface area contributed by atoms with Crippen molar-refractivity contribution >= 4 is 5.69 Å². The second-order valence-electron chi connectivity index (χ2n) is 7.47. The highest BCUT2D eigenvalue weighted by molar-refractivity contribution is 5.56. The summed E-state index contributed by atoms with van der Waals surface area (Å²) in [6.07, 6.45) is 2.92. The van der Waals surface area contributed by atoms with E-state index in [9.17, 15) is 5.11 Å². The van der Waals surface area contributed by atoms with E-state index >= 15 is 0 Å². The first-order valence-corrected chi connectivity index (χ1v) is 8.60. The van der Waals surface area contributed by atoms with Gasteiger partial charge in [0.25, 0.3) is 0 Å².